The molecule has 1 amide bonds. The monoisotopic (exact) mass is 281 g/mol. The molecule has 2 nitrogen and oxygen atoms in total. The molecule has 21 heavy (non-hydrogen) atoms. The van der Waals surface area contributed by atoms with Crippen LogP contribution in [0.3, 0.4) is 0 Å². The van der Waals surface area contributed by atoms with Crippen molar-refractivity contribution in [3.63, 3.8) is 0 Å². The first-order chi connectivity index (χ1) is 10.2. The van der Waals surface area contributed by atoms with E-state index >= 15 is 0 Å². The highest BCUT2D eigenvalue weighted by atomic mass is 19.1. The lowest BCUT2D eigenvalue weighted by Crippen LogP contribution is -2.27. The van der Waals surface area contributed by atoms with E-state index in [2.05, 4.69) is 11.8 Å². The van der Waals surface area contributed by atoms with Gasteiger partial charge in [-0.25, -0.2) is 4.39 Å². The number of rotatable bonds is 3. The molecule has 0 bridgehead atoms. The van der Waals surface area contributed by atoms with E-state index in [9.17, 15) is 9.18 Å². The van der Waals surface area contributed by atoms with Crippen LogP contribution in [0.15, 0.2) is 54.6 Å². The van der Waals surface area contributed by atoms with E-state index in [1.54, 1.807) is 30.1 Å². The Balaban J connectivity index is 1.93. The summed E-state index contributed by atoms with van der Waals surface area (Å²) in [6, 6.07) is 16.1. The van der Waals surface area contributed by atoms with Crippen LogP contribution in [0, 0.1) is 17.7 Å². The zero-order chi connectivity index (χ0) is 15.1. The van der Waals surface area contributed by atoms with Crippen LogP contribution in [0.5, 0.6) is 0 Å². The molecule has 0 N–H and O–H groups in total. The topological polar surface area (TPSA) is 20.3 Å². The lowest BCUT2D eigenvalue weighted by atomic mass is 10.1. The minimum Gasteiger partial charge on any atom is -0.335 e. The Hall–Kier alpha value is -2.60. The molecular formula is C18H16FNO. The van der Waals surface area contributed by atoms with Crippen LogP contribution in [-0.2, 0) is 11.2 Å². The van der Waals surface area contributed by atoms with Crippen LogP contribution in [0.2, 0.25) is 0 Å². The number of likely N-dealkylation sites (N-methyl/N-ethyl adjacent to an activating group) is 1. The van der Waals surface area contributed by atoms with E-state index in [0.717, 1.165) is 6.42 Å². The summed E-state index contributed by atoms with van der Waals surface area (Å²) in [6.07, 6.45) is 0.768. The number of hydrogen-bond donors (Lipinski definition) is 0. The number of amides is 1. The molecule has 0 aromatic heterocycles. The summed E-state index contributed by atoms with van der Waals surface area (Å²) in [5.41, 5.74) is 1.40. The number of halogens is 1. The van der Waals surface area contributed by atoms with E-state index in [1.807, 2.05) is 30.3 Å². The number of benzene rings is 2. The van der Waals surface area contributed by atoms with E-state index in [0.29, 0.717) is 6.54 Å². The lowest BCUT2D eigenvalue weighted by Gasteiger charge is -2.13. The molecule has 0 unspecified atom stereocenters. The van der Waals surface area contributed by atoms with Crippen molar-refractivity contribution in [2.24, 2.45) is 0 Å². The fourth-order valence-corrected chi connectivity index (χ4v) is 1.82. The number of carbonyl (C=O) groups excluding carboxylic acids is 1. The molecule has 0 spiro atoms. The maximum absolute atomic E-state index is 13.4. The average Bonchev–Trinajstić information content (AvgIpc) is 2.52. The summed E-state index contributed by atoms with van der Waals surface area (Å²) in [5, 5.41) is 0. The average molecular weight is 281 g/mol. The van der Waals surface area contributed by atoms with Gasteiger partial charge in [-0.15, -0.1) is 0 Å². The van der Waals surface area contributed by atoms with Crippen molar-refractivity contribution in [3.05, 3.63) is 71.5 Å². The SMILES string of the molecule is CN(CCc1ccccc1)C(=O)C#Cc1ccccc1F. The third-order valence-electron chi connectivity index (χ3n) is 3.10. The van der Waals surface area contributed by atoms with Gasteiger partial charge in [0.15, 0.2) is 0 Å². The molecule has 3 heteroatoms. The van der Waals surface area contributed by atoms with Crippen LogP contribution in [0.4, 0.5) is 4.39 Å². The van der Waals surface area contributed by atoms with E-state index in [4.69, 9.17) is 0 Å². The van der Waals surface area contributed by atoms with Gasteiger partial charge in [-0.1, -0.05) is 48.4 Å². The highest BCUT2D eigenvalue weighted by molar-refractivity contribution is 5.93. The smallest absolute Gasteiger partial charge is 0.298 e. The molecule has 2 aromatic rings. The quantitative estimate of drug-likeness (QED) is 0.792. The summed E-state index contributed by atoms with van der Waals surface area (Å²) in [5.74, 6) is 4.33. The fourth-order valence-electron chi connectivity index (χ4n) is 1.82. The van der Waals surface area contributed by atoms with Crippen LogP contribution >= 0.6 is 0 Å². The minimum atomic E-state index is -0.412. The molecule has 0 heterocycles. The maximum atomic E-state index is 13.4. The summed E-state index contributed by atoms with van der Waals surface area (Å²) in [7, 11) is 1.70. The molecule has 2 aromatic carbocycles. The van der Waals surface area contributed by atoms with Crippen molar-refractivity contribution < 1.29 is 9.18 Å². The van der Waals surface area contributed by atoms with Gasteiger partial charge in [-0.05, 0) is 24.1 Å². The molecule has 0 saturated heterocycles. The number of carbonyl (C=O) groups is 1. The standard InChI is InChI=1S/C18H16FNO/c1-20(14-13-15-7-3-2-4-8-15)18(21)12-11-16-9-5-6-10-17(16)19/h2-10H,13-14H2,1H3. The molecule has 106 valence electrons. The third-order valence-corrected chi connectivity index (χ3v) is 3.10. The Kier molecular flexibility index (Phi) is 5.11. The Morgan fingerprint density at radius 2 is 1.76 bits per heavy atom. The largest absolute Gasteiger partial charge is 0.335 e. The molecule has 2 rings (SSSR count). The first kappa shape index (κ1) is 14.8. The van der Waals surface area contributed by atoms with Gasteiger partial charge in [0.1, 0.15) is 5.82 Å². The van der Waals surface area contributed by atoms with E-state index in [-0.39, 0.29) is 11.5 Å². The van der Waals surface area contributed by atoms with E-state index < -0.39 is 5.82 Å². The van der Waals surface area contributed by atoms with Crippen molar-refractivity contribution >= 4 is 5.91 Å². The first-order valence-corrected chi connectivity index (χ1v) is 6.72. The first-order valence-electron chi connectivity index (χ1n) is 6.72. The molecule has 0 atom stereocenters. The predicted molar refractivity (Wildman–Crippen MR) is 81.1 cm³/mol. The fraction of sp³-hybridized carbons (Fsp3) is 0.167. The van der Waals surface area contributed by atoms with Crippen molar-refractivity contribution in [2.75, 3.05) is 13.6 Å². The van der Waals surface area contributed by atoms with E-state index in [1.165, 1.54) is 11.6 Å². The van der Waals surface area contributed by atoms with Crippen molar-refractivity contribution in [1.29, 1.82) is 0 Å². The Labute approximate surface area is 124 Å². The molecule has 0 saturated carbocycles. The highest BCUT2D eigenvalue weighted by Crippen LogP contribution is 2.04. The summed E-state index contributed by atoms with van der Waals surface area (Å²) in [6.45, 7) is 0.578. The van der Waals surface area contributed by atoms with Gasteiger partial charge in [0.25, 0.3) is 5.91 Å². The second-order valence-electron chi connectivity index (χ2n) is 4.69. The van der Waals surface area contributed by atoms with Crippen LogP contribution in [0.1, 0.15) is 11.1 Å². The molecule has 0 aliphatic heterocycles. The maximum Gasteiger partial charge on any atom is 0.298 e. The molecular weight excluding hydrogens is 265 g/mol. The Bertz CT molecular complexity index is 670. The van der Waals surface area contributed by atoms with Crippen LogP contribution in [-0.4, -0.2) is 24.4 Å². The van der Waals surface area contributed by atoms with Gasteiger partial charge in [-0.3, -0.25) is 4.79 Å². The zero-order valence-electron chi connectivity index (χ0n) is 11.8. The van der Waals surface area contributed by atoms with Gasteiger partial charge >= 0.3 is 0 Å². The predicted octanol–water partition coefficient (Wildman–Crippen LogP) is 2.88. The molecule has 0 aliphatic rings. The highest BCUT2D eigenvalue weighted by Gasteiger charge is 2.05. The van der Waals surface area contributed by atoms with Gasteiger partial charge in [0, 0.05) is 19.5 Å². The Morgan fingerprint density at radius 1 is 1.10 bits per heavy atom. The summed E-state index contributed by atoms with van der Waals surface area (Å²) in [4.78, 5) is 13.4. The van der Waals surface area contributed by atoms with Gasteiger partial charge in [-0.2, -0.15) is 0 Å². The van der Waals surface area contributed by atoms with Crippen molar-refractivity contribution in [2.45, 2.75) is 6.42 Å². The Morgan fingerprint density at radius 3 is 2.48 bits per heavy atom. The van der Waals surface area contributed by atoms with Crippen molar-refractivity contribution in [1.82, 2.24) is 4.90 Å². The normalized spacial score (nSPS) is 9.62. The number of hydrogen-bond acceptors (Lipinski definition) is 1. The molecule has 0 radical (unpaired) electrons. The molecule has 0 fully saturated rings. The van der Waals surface area contributed by atoms with Crippen LogP contribution in [0.25, 0.3) is 0 Å². The third kappa shape index (κ3) is 4.47. The van der Waals surface area contributed by atoms with Crippen molar-refractivity contribution in [3.8, 4) is 11.8 Å². The van der Waals surface area contributed by atoms with Gasteiger partial charge in [0.2, 0.25) is 0 Å². The second kappa shape index (κ2) is 7.25. The second-order valence-corrected chi connectivity index (χ2v) is 4.69. The van der Waals surface area contributed by atoms with Crippen LogP contribution < -0.4 is 0 Å². The number of nitrogens with zero attached hydrogens (tertiary/aromatic N) is 1. The van der Waals surface area contributed by atoms with Gasteiger partial charge in [0.05, 0.1) is 5.56 Å². The minimum absolute atomic E-state index is 0.238. The zero-order valence-corrected chi connectivity index (χ0v) is 11.8. The molecule has 0 aliphatic carbocycles. The summed E-state index contributed by atoms with van der Waals surface area (Å²) < 4.78 is 13.4. The van der Waals surface area contributed by atoms with Gasteiger partial charge < -0.3 is 4.90 Å². The lowest BCUT2D eigenvalue weighted by molar-refractivity contribution is -0.123. The summed E-state index contributed by atoms with van der Waals surface area (Å²) >= 11 is 0.